The molecule has 7 nitrogen and oxygen atoms in total. The van der Waals surface area contributed by atoms with Crippen molar-refractivity contribution in [3.63, 3.8) is 0 Å². The van der Waals surface area contributed by atoms with Crippen LogP contribution in [-0.4, -0.2) is 47.7 Å². The number of likely N-dealkylation sites (tertiary alicyclic amines) is 1. The standard InChI is InChI=1S/C19H24N4O3S/c1-2-26-19(25)23-10-8-15(9-11-23)21-18(24)20-12-17-22-16(13-27-17)14-6-4-3-5-7-14/h3-7,13,15H,2,8-12H2,1H3,(H2,20,21,24). The van der Waals surface area contributed by atoms with Gasteiger partial charge in [-0.05, 0) is 19.8 Å². The van der Waals surface area contributed by atoms with Crippen LogP contribution < -0.4 is 10.6 Å². The second-order valence-electron chi connectivity index (χ2n) is 6.28. The number of aromatic nitrogens is 1. The quantitative estimate of drug-likeness (QED) is 0.824. The van der Waals surface area contributed by atoms with Crippen molar-refractivity contribution in [2.45, 2.75) is 32.4 Å². The van der Waals surface area contributed by atoms with Crippen molar-refractivity contribution in [3.05, 3.63) is 40.7 Å². The van der Waals surface area contributed by atoms with Crippen molar-refractivity contribution in [1.29, 1.82) is 0 Å². The van der Waals surface area contributed by atoms with Crippen LogP contribution in [-0.2, 0) is 11.3 Å². The zero-order valence-corrected chi connectivity index (χ0v) is 16.1. The molecule has 0 atom stereocenters. The average molecular weight is 388 g/mol. The van der Waals surface area contributed by atoms with E-state index in [0.717, 1.165) is 29.1 Å². The fraction of sp³-hybridized carbons (Fsp3) is 0.421. The highest BCUT2D eigenvalue weighted by Gasteiger charge is 2.24. The van der Waals surface area contributed by atoms with Crippen molar-refractivity contribution in [1.82, 2.24) is 20.5 Å². The molecule has 2 heterocycles. The summed E-state index contributed by atoms with van der Waals surface area (Å²) in [7, 11) is 0. The van der Waals surface area contributed by atoms with E-state index in [1.54, 1.807) is 11.8 Å². The molecule has 1 aliphatic rings. The zero-order chi connectivity index (χ0) is 19.1. The molecular weight excluding hydrogens is 364 g/mol. The van der Waals surface area contributed by atoms with E-state index < -0.39 is 0 Å². The van der Waals surface area contributed by atoms with Gasteiger partial charge in [0.2, 0.25) is 0 Å². The van der Waals surface area contributed by atoms with E-state index in [4.69, 9.17) is 4.74 Å². The molecule has 1 fully saturated rings. The molecule has 27 heavy (non-hydrogen) atoms. The first kappa shape index (κ1) is 19.2. The van der Waals surface area contributed by atoms with Crippen LogP contribution in [0.4, 0.5) is 9.59 Å². The molecule has 8 heteroatoms. The molecule has 3 amide bonds. The number of urea groups is 1. The van der Waals surface area contributed by atoms with Gasteiger partial charge in [-0.25, -0.2) is 14.6 Å². The van der Waals surface area contributed by atoms with Crippen LogP contribution in [0.5, 0.6) is 0 Å². The minimum atomic E-state index is -0.279. The van der Waals surface area contributed by atoms with Crippen LogP contribution >= 0.6 is 11.3 Å². The molecule has 0 unspecified atom stereocenters. The molecule has 1 saturated heterocycles. The number of hydrogen-bond donors (Lipinski definition) is 2. The Balaban J connectivity index is 1.41. The topological polar surface area (TPSA) is 83.6 Å². The molecule has 0 aliphatic carbocycles. The summed E-state index contributed by atoms with van der Waals surface area (Å²) in [5, 5.41) is 8.68. The van der Waals surface area contributed by atoms with Crippen LogP contribution in [0.15, 0.2) is 35.7 Å². The summed E-state index contributed by atoms with van der Waals surface area (Å²) in [6.07, 6.45) is 1.17. The van der Waals surface area contributed by atoms with Crippen molar-refractivity contribution < 1.29 is 14.3 Å². The van der Waals surface area contributed by atoms with Gasteiger partial charge in [0.25, 0.3) is 0 Å². The Bertz CT molecular complexity index is 757. The molecule has 0 spiro atoms. The predicted octanol–water partition coefficient (Wildman–Crippen LogP) is 3.23. The van der Waals surface area contributed by atoms with Gasteiger partial charge in [0.05, 0.1) is 18.8 Å². The van der Waals surface area contributed by atoms with Crippen LogP contribution in [0.2, 0.25) is 0 Å². The summed E-state index contributed by atoms with van der Waals surface area (Å²) in [4.78, 5) is 30.1. The first-order valence-electron chi connectivity index (χ1n) is 9.11. The number of nitrogens with one attached hydrogen (secondary N) is 2. The molecule has 144 valence electrons. The smallest absolute Gasteiger partial charge is 0.409 e. The Morgan fingerprint density at radius 3 is 2.70 bits per heavy atom. The monoisotopic (exact) mass is 388 g/mol. The van der Waals surface area contributed by atoms with Crippen LogP contribution in [0.25, 0.3) is 11.3 Å². The molecule has 1 aromatic heterocycles. The highest BCUT2D eigenvalue weighted by Crippen LogP contribution is 2.21. The first-order chi connectivity index (χ1) is 13.2. The lowest BCUT2D eigenvalue weighted by Crippen LogP contribution is -2.49. The largest absolute Gasteiger partial charge is 0.450 e. The van der Waals surface area contributed by atoms with E-state index in [9.17, 15) is 9.59 Å². The van der Waals surface area contributed by atoms with Crippen molar-refractivity contribution >= 4 is 23.5 Å². The summed E-state index contributed by atoms with van der Waals surface area (Å²) in [5.41, 5.74) is 1.99. The number of rotatable bonds is 5. The molecule has 1 aliphatic heterocycles. The van der Waals surface area contributed by atoms with Crippen LogP contribution in [0.3, 0.4) is 0 Å². The maximum Gasteiger partial charge on any atom is 0.409 e. The molecule has 2 N–H and O–H groups in total. The Morgan fingerprint density at radius 2 is 2.00 bits per heavy atom. The van der Waals surface area contributed by atoms with E-state index in [-0.39, 0.29) is 18.2 Å². The van der Waals surface area contributed by atoms with E-state index >= 15 is 0 Å². The fourth-order valence-electron chi connectivity index (χ4n) is 2.95. The molecule has 0 saturated carbocycles. The number of hydrogen-bond acceptors (Lipinski definition) is 5. The summed E-state index contributed by atoms with van der Waals surface area (Å²) in [5.74, 6) is 0. The number of amides is 3. The van der Waals surface area contributed by atoms with Gasteiger partial charge in [0.1, 0.15) is 5.01 Å². The number of carbonyl (C=O) groups is 2. The van der Waals surface area contributed by atoms with Crippen LogP contribution in [0, 0.1) is 0 Å². The van der Waals surface area contributed by atoms with Gasteiger partial charge in [-0.3, -0.25) is 0 Å². The third-order valence-corrected chi connectivity index (χ3v) is 5.23. The fourth-order valence-corrected chi connectivity index (χ4v) is 3.69. The number of benzene rings is 1. The Hall–Kier alpha value is -2.61. The van der Waals surface area contributed by atoms with Crippen molar-refractivity contribution in [3.8, 4) is 11.3 Å². The summed E-state index contributed by atoms with van der Waals surface area (Å²) in [6.45, 7) is 3.75. The molecule has 1 aromatic carbocycles. The van der Waals surface area contributed by atoms with Gasteiger partial charge in [-0.2, -0.15) is 0 Å². The zero-order valence-electron chi connectivity index (χ0n) is 15.3. The average Bonchev–Trinajstić information content (AvgIpc) is 3.17. The SMILES string of the molecule is CCOC(=O)N1CCC(NC(=O)NCc2nc(-c3ccccc3)cs2)CC1. The highest BCUT2D eigenvalue weighted by atomic mass is 32.1. The lowest BCUT2D eigenvalue weighted by atomic mass is 10.1. The number of carbonyl (C=O) groups excluding carboxylic acids is 2. The van der Waals surface area contributed by atoms with Gasteiger partial charge in [-0.15, -0.1) is 11.3 Å². The normalized spacial score (nSPS) is 14.6. The number of ether oxygens (including phenoxy) is 1. The third-order valence-electron chi connectivity index (χ3n) is 4.38. The first-order valence-corrected chi connectivity index (χ1v) is 9.99. The predicted molar refractivity (Wildman–Crippen MR) is 105 cm³/mol. The Kier molecular flexibility index (Phi) is 6.64. The molecule has 3 rings (SSSR count). The lowest BCUT2D eigenvalue weighted by molar-refractivity contribution is 0.0957. The minimum Gasteiger partial charge on any atom is -0.450 e. The molecular formula is C19H24N4O3S. The lowest BCUT2D eigenvalue weighted by Gasteiger charge is -2.31. The minimum absolute atomic E-state index is 0.0619. The summed E-state index contributed by atoms with van der Waals surface area (Å²) in [6, 6.07) is 9.82. The van der Waals surface area contributed by atoms with Gasteiger partial charge in [0, 0.05) is 30.1 Å². The third kappa shape index (κ3) is 5.43. The molecule has 0 bridgehead atoms. The van der Waals surface area contributed by atoms with E-state index in [2.05, 4.69) is 15.6 Å². The maximum atomic E-state index is 12.1. The second kappa shape index (κ2) is 9.36. The number of thiazole rings is 1. The number of nitrogens with zero attached hydrogens (tertiary/aromatic N) is 2. The molecule has 2 aromatic rings. The summed E-state index contributed by atoms with van der Waals surface area (Å²) >= 11 is 1.53. The Labute approximate surface area is 162 Å². The van der Waals surface area contributed by atoms with E-state index in [1.165, 1.54) is 11.3 Å². The Morgan fingerprint density at radius 1 is 1.26 bits per heavy atom. The van der Waals surface area contributed by atoms with E-state index in [0.29, 0.717) is 26.2 Å². The molecule has 0 radical (unpaired) electrons. The van der Waals surface area contributed by atoms with Crippen molar-refractivity contribution in [2.24, 2.45) is 0 Å². The van der Waals surface area contributed by atoms with E-state index in [1.807, 2.05) is 35.7 Å². The highest BCUT2D eigenvalue weighted by molar-refractivity contribution is 7.09. The maximum absolute atomic E-state index is 12.1. The summed E-state index contributed by atoms with van der Waals surface area (Å²) < 4.78 is 5.00. The van der Waals surface area contributed by atoms with Gasteiger partial charge < -0.3 is 20.3 Å². The second-order valence-corrected chi connectivity index (χ2v) is 7.22. The van der Waals surface area contributed by atoms with Gasteiger partial charge in [-0.1, -0.05) is 30.3 Å². The number of piperidine rings is 1. The van der Waals surface area contributed by atoms with Gasteiger partial charge in [0.15, 0.2) is 0 Å². The van der Waals surface area contributed by atoms with Crippen molar-refractivity contribution in [2.75, 3.05) is 19.7 Å². The van der Waals surface area contributed by atoms with Gasteiger partial charge >= 0.3 is 12.1 Å². The van der Waals surface area contributed by atoms with Crippen LogP contribution in [0.1, 0.15) is 24.8 Å².